The zero-order valence-corrected chi connectivity index (χ0v) is 35.0. The van der Waals surface area contributed by atoms with Gasteiger partial charge in [0, 0.05) is 13.0 Å². The topological polar surface area (TPSA) is 55.8 Å². The van der Waals surface area contributed by atoms with Crippen molar-refractivity contribution >= 4 is 5.97 Å². The Hall–Kier alpha value is -2.17. The summed E-state index contributed by atoms with van der Waals surface area (Å²) in [6.45, 7) is 5.20. The summed E-state index contributed by atoms with van der Waals surface area (Å²) < 4.78 is 11.2. The lowest BCUT2D eigenvalue weighted by atomic mass is 10.0. The number of aliphatic hydroxyl groups is 1. The summed E-state index contributed by atoms with van der Waals surface area (Å²) in [5.41, 5.74) is 0. The lowest BCUT2D eigenvalue weighted by Crippen LogP contribution is -2.27. The molecule has 0 saturated heterocycles. The first-order valence-corrected chi connectivity index (χ1v) is 22.5. The minimum absolute atomic E-state index is 0.185. The van der Waals surface area contributed by atoms with Gasteiger partial charge >= 0.3 is 5.97 Å². The largest absolute Gasteiger partial charge is 0.457 e. The maximum absolute atomic E-state index is 12.2. The molecule has 0 amide bonds. The summed E-state index contributed by atoms with van der Waals surface area (Å²) in [5.74, 6) is -0.225. The van der Waals surface area contributed by atoms with E-state index in [9.17, 15) is 9.90 Å². The first kappa shape index (κ1) is 50.8. The Kier molecular flexibility index (Phi) is 44.1. The van der Waals surface area contributed by atoms with E-state index in [1.165, 1.54) is 116 Å². The molecule has 0 radical (unpaired) electrons. The molecule has 0 aromatic rings. The second kappa shape index (κ2) is 46.0. The molecule has 0 aromatic carbocycles. The van der Waals surface area contributed by atoms with Gasteiger partial charge in [-0.1, -0.05) is 189 Å². The van der Waals surface area contributed by atoms with E-state index in [1.807, 2.05) is 0 Å². The highest BCUT2D eigenvalue weighted by atomic mass is 16.6. The SMILES string of the molecule is CC/C=C\C/C=C\C/C=C\C/C=C\CCCCCCC(=O)OC(CO)COCCCCCCCCCCCCCC/C=C\C/C=C\CCCCCCC. The Labute approximate surface area is 329 Å². The monoisotopic (exact) mass is 739 g/mol. The Balaban J connectivity index is 3.46. The Morgan fingerprint density at radius 2 is 0.849 bits per heavy atom. The number of rotatable bonds is 41. The van der Waals surface area contributed by atoms with Crippen LogP contribution in [0.3, 0.4) is 0 Å². The van der Waals surface area contributed by atoms with Crippen molar-refractivity contribution in [2.75, 3.05) is 19.8 Å². The maximum Gasteiger partial charge on any atom is 0.306 e. The Morgan fingerprint density at radius 3 is 1.28 bits per heavy atom. The third-order valence-corrected chi connectivity index (χ3v) is 9.52. The first-order chi connectivity index (χ1) is 26.2. The second-order valence-corrected chi connectivity index (χ2v) is 14.7. The molecular formula is C49H86O4. The van der Waals surface area contributed by atoms with Crippen molar-refractivity contribution in [2.45, 2.75) is 213 Å². The molecule has 4 heteroatoms. The van der Waals surface area contributed by atoms with Crippen LogP contribution in [0.2, 0.25) is 0 Å². The van der Waals surface area contributed by atoms with Gasteiger partial charge in [-0.25, -0.2) is 0 Å². The van der Waals surface area contributed by atoms with E-state index in [1.54, 1.807) is 0 Å². The van der Waals surface area contributed by atoms with Gasteiger partial charge in [-0.3, -0.25) is 4.79 Å². The van der Waals surface area contributed by atoms with Gasteiger partial charge in [0.05, 0.1) is 13.2 Å². The van der Waals surface area contributed by atoms with Crippen molar-refractivity contribution < 1.29 is 19.4 Å². The van der Waals surface area contributed by atoms with Crippen LogP contribution in [0, 0.1) is 0 Å². The molecule has 53 heavy (non-hydrogen) atoms. The van der Waals surface area contributed by atoms with Crippen molar-refractivity contribution in [3.63, 3.8) is 0 Å². The van der Waals surface area contributed by atoms with Crippen LogP contribution in [0.1, 0.15) is 206 Å². The Morgan fingerprint density at radius 1 is 0.472 bits per heavy atom. The van der Waals surface area contributed by atoms with E-state index >= 15 is 0 Å². The number of hydrogen-bond donors (Lipinski definition) is 1. The van der Waals surface area contributed by atoms with Crippen molar-refractivity contribution in [1.29, 1.82) is 0 Å². The summed E-state index contributed by atoms with van der Waals surface area (Å²) in [6, 6.07) is 0. The lowest BCUT2D eigenvalue weighted by Gasteiger charge is -2.15. The first-order valence-electron chi connectivity index (χ1n) is 22.5. The van der Waals surface area contributed by atoms with Gasteiger partial charge in [-0.2, -0.15) is 0 Å². The van der Waals surface area contributed by atoms with Crippen LogP contribution >= 0.6 is 0 Å². The highest BCUT2D eigenvalue weighted by Crippen LogP contribution is 2.14. The standard InChI is InChI=1S/C49H86O4/c1-3-5-7-9-11-13-15-17-19-21-22-23-24-25-26-27-29-31-33-35-37-39-41-43-45-52-47-48(46-50)53-49(51)44-42-40-38-36-34-32-30-28-20-18-16-14-12-10-8-6-4-2/h6,8,12,14-15,17-18,20-22,30,32,48,50H,3-5,7,9-11,13,16,19,23-29,31,33-47H2,1-2H3/b8-6-,14-12-,17-15-,20-18-,22-21-,32-30-. The minimum atomic E-state index is -0.551. The van der Waals surface area contributed by atoms with Gasteiger partial charge in [-0.05, 0) is 83.5 Å². The molecule has 0 spiro atoms. The van der Waals surface area contributed by atoms with Crippen molar-refractivity contribution in [3.8, 4) is 0 Å². The highest BCUT2D eigenvalue weighted by Gasteiger charge is 2.13. The zero-order valence-electron chi connectivity index (χ0n) is 35.0. The average Bonchev–Trinajstić information content (AvgIpc) is 3.16. The molecule has 1 atom stereocenters. The van der Waals surface area contributed by atoms with Gasteiger partial charge in [-0.15, -0.1) is 0 Å². The highest BCUT2D eigenvalue weighted by molar-refractivity contribution is 5.69. The molecule has 1 N–H and O–H groups in total. The molecule has 0 heterocycles. The fourth-order valence-corrected chi connectivity index (χ4v) is 6.17. The predicted molar refractivity (Wildman–Crippen MR) is 232 cm³/mol. The second-order valence-electron chi connectivity index (χ2n) is 14.7. The molecule has 0 fully saturated rings. The van der Waals surface area contributed by atoms with Crippen LogP contribution < -0.4 is 0 Å². The molecule has 4 nitrogen and oxygen atoms in total. The van der Waals surface area contributed by atoms with Crippen LogP contribution in [-0.2, 0) is 14.3 Å². The average molecular weight is 739 g/mol. The molecule has 0 aliphatic rings. The third-order valence-electron chi connectivity index (χ3n) is 9.52. The van der Waals surface area contributed by atoms with E-state index in [4.69, 9.17) is 9.47 Å². The molecule has 0 aromatic heterocycles. The van der Waals surface area contributed by atoms with Gasteiger partial charge in [0.15, 0.2) is 0 Å². The van der Waals surface area contributed by atoms with Gasteiger partial charge in [0.2, 0.25) is 0 Å². The van der Waals surface area contributed by atoms with Crippen LogP contribution in [0.5, 0.6) is 0 Å². The molecule has 306 valence electrons. The van der Waals surface area contributed by atoms with Crippen molar-refractivity contribution in [1.82, 2.24) is 0 Å². The normalized spacial score (nSPS) is 13.0. The smallest absolute Gasteiger partial charge is 0.306 e. The summed E-state index contributed by atoms with van der Waals surface area (Å²) in [4.78, 5) is 12.2. The van der Waals surface area contributed by atoms with Gasteiger partial charge < -0.3 is 14.6 Å². The number of allylic oxidation sites excluding steroid dienone is 12. The number of esters is 1. The maximum atomic E-state index is 12.2. The molecule has 1 unspecified atom stereocenters. The quantitative estimate of drug-likeness (QED) is 0.0385. The van der Waals surface area contributed by atoms with Crippen LogP contribution in [0.4, 0.5) is 0 Å². The van der Waals surface area contributed by atoms with Crippen LogP contribution in [0.25, 0.3) is 0 Å². The van der Waals surface area contributed by atoms with Gasteiger partial charge in [0.1, 0.15) is 6.10 Å². The van der Waals surface area contributed by atoms with E-state index < -0.39 is 6.10 Å². The summed E-state index contributed by atoms with van der Waals surface area (Å²) in [5, 5.41) is 9.61. The molecule has 0 aliphatic heterocycles. The lowest BCUT2D eigenvalue weighted by molar-refractivity contribution is -0.154. The van der Waals surface area contributed by atoms with Crippen LogP contribution in [0.15, 0.2) is 72.9 Å². The number of carbonyl (C=O) groups excluding carboxylic acids is 1. The number of hydrogen-bond acceptors (Lipinski definition) is 4. The van der Waals surface area contributed by atoms with E-state index in [2.05, 4.69) is 86.8 Å². The summed E-state index contributed by atoms with van der Waals surface area (Å²) >= 11 is 0. The third kappa shape index (κ3) is 44.1. The van der Waals surface area contributed by atoms with Gasteiger partial charge in [0.25, 0.3) is 0 Å². The van der Waals surface area contributed by atoms with E-state index in [0.29, 0.717) is 13.0 Å². The number of unbranched alkanes of at least 4 members (excludes halogenated alkanes) is 21. The Bertz CT molecular complexity index is 911. The molecule has 0 rings (SSSR count). The molecule has 0 saturated carbocycles. The minimum Gasteiger partial charge on any atom is -0.457 e. The summed E-state index contributed by atoms with van der Waals surface area (Å²) in [7, 11) is 0. The molecule has 0 aliphatic carbocycles. The zero-order chi connectivity index (χ0) is 38.4. The fourth-order valence-electron chi connectivity index (χ4n) is 6.17. The molecular weight excluding hydrogens is 653 g/mol. The van der Waals surface area contributed by atoms with Crippen molar-refractivity contribution in [2.24, 2.45) is 0 Å². The predicted octanol–water partition coefficient (Wildman–Crippen LogP) is 15.0. The molecule has 0 bridgehead atoms. The number of carbonyl (C=O) groups is 1. The number of ether oxygens (including phenoxy) is 2. The fraction of sp³-hybridized carbons (Fsp3) is 0.735. The van der Waals surface area contributed by atoms with Crippen LogP contribution in [-0.4, -0.2) is 37.0 Å². The van der Waals surface area contributed by atoms with Crippen molar-refractivity contribution in [3.05, 3.63) is 72.9 Å². The van der Waals surface area contributed by atoms with E-state index in [0.717, 1.165) is 70.6 Å². The summed E-state index contributed by atoms with van der Waals surface area (Å²) in [6.07, 6.45) is 62.6. The number of aliphatic hydroxyl groups excluding tert-OH is 1. The van der Waals surface area contributed by atoms with E-state index in [-0.39, 0.29) is 19.2 Å².